The van der Waals surface area contributed by atoms with Crippen LogP contribution in [0.5, 0.6) is 0 Å². The van der Waals surface area contributed by atoms with Crippen LogP contribution in [-0.2, 0) is 0 Å². The van der Waals surface area contributed by atoms with Gasteiger partial charge in [0.15, 0.2) is 0 Å². The van der Waals surface area contributed by atoms with Gasteiger partial charge in [0.1, 0.15) is 0 Å². The third-order valence-electron chi connectivity index (χ3n) is 2.62. The highest BCUT2D eigenvalue weighted by Gasteiger charge is 2.20. The van der Waals surface area contributed by atoms with Crippen molar-refractivity contribution in [1.29, 1.82) is 0 Å². The Hall–Kier alpha value is -2.76. The van der Waals surface area contributed by atoms with Crippen LogP contribution in [0.2, 0.25) is 0 Å². The SMILES string of the molecule is CN(C(=O)c1ccncc1C(=O)O)c1cccnc1. The van der Waals surface area contributed by atoms with E-state index in [-0.39, 0.29) is 11.1 Å². The summed E-state index contributed by atoms with van der Waals surface area (Å²) in [4.78, 5) is 32.3. The Morgan fingerprint density at radius 1 is 1.11 bits per heavy atom. The number of hydrogen-bond donors (Lipinski definition) is 1. The van der Waals surface area contributed by atoms with Crippen LogP contribution in [0.25, 0.3) is 0 Å². The fraction of sp³-hybridized carbons (Fsp3) is 0.0769. The second-order valence-electron chi connectivity index (χ2n) is 3.80. The molecule has 0 aromatic carbocycles. The first-order chi connectivity index (χ1) is 9.11. The first-order valence-electron chi connectivity index (χ1n) is 5.46. The van der Waals surface area contributed by atoms with Crippen LogP contribution in [0, 0.1) is 0 Å². The Kier molecular flexibility index (Phi) is 3.51. The molecule has 0 bridgehead atoms. The van der Waals surface area contributed by atoms with Crippen LogP contribution in [0.15, 0.2) is 43.0 Å². The van der Waals surface area contributed by atoms with Gasteiger partial charge in [0, 0.05) is 25.6 Å². The molecule has 0 aliphatic heterocycles. The Morgan fingerprint density at radius 3 is 2.47 bits per heavy atom. The summed E-state index contributed by atoms with van der Waals surface area (Å²) in [5, 5.41) is 9.04. The highest BCUT2D eigenvalue weighted by Crippen LogP contribution is 2.15. The molecule has 1 N–H and O–H groups in total. The maximum atomic E-state index is 12.3. The van der Waals surface area contributed by atoms with Gasteiger partial charge in [-0.1, -0.05) is 0 Å². The van der Waals surface area contributed by atoms with Crippen molar-refractivity contribution in [2.75, 3.05) is 11.9 Å². The molecule has 0 unspecified atom stereocenters. The second kappa shape index (κ2) is 5.26. The molecule has 0 saturated carbocycles. The number of pyridine rings is 2. The number of aromatic carboxylic acids is 1. The number of carboxylic acids is 1. The molecular weight excluding hydrogens is 246 g/mol. The molecule has 6 nitrogen and oxygen atoms in total. The maximum Gasteiger partial charge on any atom is 0.338 e. The number of hydrogen-bond acceptors (Lipinski definition) is 4. The third-order valence-corrected chi connectivity index (χ3v) is 2.62. The van der Waals surface area contributed by atoms with Gasteiger partial charge >= 0.3 is 5.97 Å². The van der Waals surface area contributed by atoms with Gasteiger partial charge < -0.3 is 10.0 Å². The monoisotopic (exact) mass is 257 g/mol. The van der Waals surface area contributed by atoms with Crippen molar-refractivity contribution in [3.8, 4) is 0 Å². The Bertz CT molecular complexity index is 614. The van der Waals surface area contributed by atoms with E-state index in [1.807, 2.05) is 0 Å². The molecule has 19 heavy (non-hydrogen) atoms. The number of carbonyl (C=O) groups excluding carboxylic acids is 1. The minimum absolute atomic E-state index is 0.0915. The predicted octanol–water partition coefficient (Wildman–Crippen LogP) is 1.45. The summed E-state index contributed by atoms with van der Waals surface area (Å²) < 4.78 is 0. The summed E-state index contributed by atoms with van der Waals surface area (Å²) in [6.45, 7) is 0. The molecule has 2 rings (SSSR count). The van der Waals surface area contributed by atoms with Crippen molar-refractivity contribution in [3.63, 3.8) is 0 Å². The topological polar surface area (TPSA) is 83.4 Å². The van der Waals surface area contributed by atoms with E-state index in [2.05, 4.69) is 9.97 Å². The molecular formula is C13H11N3O3. The van der Waals surface area contributed by atoms with E-state index in [0.717, 1.165) is 6.20 Å². The zero-order valence-electron chi connectivity index (χ0n) is 10.1. The van der Waals surface area contributed by atoms with E-state index in [9.17, 15) is 9.59 Å². The van der Waals surface area contributed by atoms with Crippen LogP contribution >= 0.6 is 0 Å². The fourth-order valence-corrected chi connectivity index (χ4v) is 1.60. The third kappa shape index (κ3) is 2.57. The Morgan fingerprint density at radius 2 is 1.84 bits per heavy atom. The highest BCUT2D eigenvalue weighted by atomic mass is 16.4. The summed E-state index contributed by atoms with van der Waals surface area (Å²) in [5.74, 6) is -1.61. The van der Waals surface area contributed by atoms with Gasteiger partial charge in [0.05, 0.1) is 23.0 Å². The van der Waals surface area contributed by atoms with Gasteiger partial charge in [-0.15, -0.1) is 0 Å². The van der Waals surface area contributed by atoms with Crippen LogP contribution in [-0.4, -0.2) is 34.0 Å². The number of rotatable bonds is 3. The lowest BCUT2D eigenvalue weighted by Crippen LogP contribution is -2.28. The molecule has 0 saturated heterocycles. The van der Waals surface area contributed by atoms with Crippen LogP contribution in [0.4, 0.5) is 5.69 Å². The average Bonchev–Trinajstić information content (AvgIpc) is 2.46. The van der Waals surface area contributed by atoms with Gasteiger partial charge in [-0.2, -0.15) is 0 Å². The normalized spacial score (nSPS) is 9.95. The number of anilines is 1. The molecule has 0 spiro atoms. The molecule has 2 aromatic rings. The van der Waals surface area contributed by atoms with Gasteiger partial charge in [-0.25, -0.2) is 4.79 Å². The largest absolute Gasteiger partial charge is 0.478 e. The quantitative estimate of drug-likeness (QED) is 0.899. The zero-order valence-corrected chi connectivity index (χ0v) is 10.1. The smallest absolute Gasteiger partial charge is 0.338 e. The summed E-state index contributed by atoms with van der Waals surface area (Å²) in [6.07, 6.45) is 5.67. The van der Waals surface area contributed by atoms with E-state index in [1.165, 1.54) is 23.4 Å². The lowest BCUT2D eigenvalue weighted by atomic mass is 10.1. The van der Waals surface area contributed by atoms with Crippen molar-refractivity contribution in [1.82, 2.24) is 9.97 Å². The van der Waals surface area contributed by atoms with Gasteiger partial charge in [-0.05, 0) is 18.2 Å². The average molecular weight is 257 g/mol. The summed E-state index contributed by atoms with van der Waals surface area (Å²) in [7, 11) is 1.56. The van der Waals surface area contributed by atoms with Gasteiger partial charge in [-0.3, -0.25) is 14.8 Å². The lowest BCUT2D eigenvalue weighted by Gasteiger charge is -2.17. The highest BCUT2D eigenvalue weighted by molar-refractivity contribution is 6.11. The number of aromatic nitrogens is 2. The molecule has 2 heterocycles. The predicted molar refractivity (Wildman–Crippen MR) is 68.2 cm³/mol. The molecule has 96 valence electrons. The zero-order chi connectivity index (χ0) is 13.8. The molecule has 1 amide bonds. The molecule has 0 radical (unpaired) electrons. The number of carbonyl (C=O) groups is 2. The van der Waals surface area contributed by atoms with Gasteiger partial charge in [0.25, 0.3) is 5.91 Å². The van der Waals surface area contributed by atoms with Crippen LogP contribution in [0.3, 0.4) is 0 Å². The van der Waals surface area contributed by atoms with Crippen molar-refractivity contribution in [3.05, 3.63) is 54.1 Å². The molecule has 0 fully saturated rings. The Labute approximate surface area is 109 Å². The van der Waals surface area contributed by atoms with Crippen molar-refractivity contribution in [2.24, 2.45) is 0 Å². The molecule has 6 heteroatoms. The molecule has 0 aliphatic carbocycles. The molecule has 0 aliphatic rings. The summed E-state index contributed by atoms with van der Waals surface area (Å²) in [6, 6.07) is 4.80. The number of nitrogens with zero attached hydrogens (tertiary/aromatic N) is 3. The van der Waals surface area contributed by atoms with E-state index in [4.69, 9.17) is 5.11 Å². The van der Waals surface area contributed by atoms with Crippen LogP contribution in [0.1, 0.15) is 20.7 Å². The number of amides is 1. The maximum absolute atomic E-state index is 12.3. The van der Waals surface area contributed by atoms with Crippen molar-refractivity contribution < 1.29 is 14.7 Å². The Balaban J connectivity index is 2.38. The van der Waals surface area contributed by atoms with E-state index < -0.39 is 11.9 Å². The minimum atomic E-state index is -1.18. The lowest BCUT2D eigenvalue weighted by molar-refractivity contribution is 0.0691. The summed E-state index contributed by atoms with van der Waals surface area (Å²) >= 11 is 0. The first kappa shape index (κ1) is 12.7. The standard InChI is InChI=1S/C13H11N3O3/c1-16(9-3-2-5-14-7-9)12(17)10-4-6-15-8-11(10)13(18)19/h2-8H,1H3,(H,18,19). The molecule has 0 atom stereocenters. The van der Waals surface area contributed by atoms with E-state index in [0.29, 0.717) is 5.69 Å². The minimum Gasteiger partial charge on any atom is -0.478 e. The van der Waals surface area contributed by atoms with Crippen molar-refractivity contribution >= 4 is 17.6 Å². The first-order valence-corrected chi connectivity index (χ1v) is 5.46. The van der Waals surface area contributed by atoms with Crippen molar-refractivity contribution in [2.45, 2.75) is 0 Å². The fourth-order valence-electron chi connectivity index (χ4n) is 1.60. The van der Waals surface area contributed by atoms with E-state index >= 15 is 0 Å². The second-order valence-corrected chi connectivity index (χ2v) is 3.80. The summed E-state index contributed by atoms with van der Waals surface area (Å²) in [5.41, 5.74) is 0.553. The van der Waals surface area contributed by atoms with Crippen LogP contribution < -0.4 is 4.90 Å². The molecule has 2 aromatic heterocycles. The van der Waals surface area contributed by atoms with Gasteiger partial charge in [0.2, 0.25) is 0 Å². The number of carboxylic acid groups (broad SMARTS) is 1. The van der Waals surface area contributed by atoms with E-state index in [1.54, 1.807) is 25.4 Å².